The number of nitrogens with one attached hydrogen (secondary N) is 1. The van der Waals surface area contributed by atoms with E-state index in [-0.39, 0.29) is 1.43 Å². The topological polar surface area (TPSA) is 37.8 Å². The fraction of sp³-hybridized carbons (Fsp3) is 0.500. The van der Waals surface area contributed by atoms with Crippen LogP contribution in [-0.4, -0.2) is 16.5 Å². The van der Waals surface area contributed by atoms with Crippen LogP contribution in [0.5, 0.6) is 0 Å². The zero-order chi connectivity index (χ0) is 8.53. The molecule has 0 spiro atoms. The van der Waals surface area contributed by atoms with Crippen molar-refractivity contribution in [1.29, 1.82) is 0 Å². The molecule has 0 amide bonds. The second kappa shape index (κ2) is 6.99. The lowest BCUT2D eigenvalue weighted by Gasteiger charge is -1.97. The normalized spacial score (nSPS) is 7.91. The Kier molecular flexibility index (Phi) is 6.28. The number of rotatable bonds is 2. The maximum Gasteiger partial charge on any atom is 0.129 e. The van der Waals surface area contributed by atoms with E-state index in [2.05, 4.69) is 15.3 Å². The van der Waals surface area contributed by atoms with Crippen molar-refractivity contribution in [3.8, 4) is 0 Å². The molecule has 3 heteroatoms. The third kappa shape index (κ3) is 4.31. The van der Waals surface area contributed by atoms with Gasteiger partial charge in [-0.05, 0) is 13.0 Å². The highest BCUT2D eigenvalue weighted by atomic mass is 15.0. The van der Waals surface area contributed by atoms with E-state index in [1.165, 1.54) is 6.33 Å². The maximum absolute atomic E-state index is 3.95. The smallest absolute Gasteiger partial charge is 0.129 e. The summed E-state index contributed by atoms with van der Waals surface area (Å²) in [5.41, 5.74) is 0. The molecular weight excluding hydrogens is 138 g/mol. The minimum absolute atomic E-state index is 0. The molecule has 1 heterocycles. The van der Waals surface area contributed by atoms with Gasteiger partial charge >= 0.3 is 0 Å². The molecule has 0 aliphatic heterocycles. The molecule has 1 aromatic heterocycles. The molecule has 0 atom stereocenters. The van der Waals surface area contributed by atoms with E-state index in [0.717, 1.165) is 12.4 Å². The largest absolute Gasteiger partial charge is 0.370 e. The van der Waals surface area contributed by atoms with Gasteiger partial charge in [-0.1, -0.05) is 13.8 Å². The van der Waals surface area contributed by atoms with E-state index in [1.807, 2.05) is 26.8 Å². The van der Waals surface area contributed by atoms with Crippen LogP contribution in [0.1, 0.15) is 22.2 Å². The van der Waals surface area contributed by atoms with Gasteiger partial charge in [0.1, 0.15) is 12.1 Å². The molecule has 0 aliphatic carbocycles. The van der Waals surface area contributed by atoms with Gasteiger partial charge < -0.3 is 5.32 Å². The highest BCUT2D eigenvalue weighted by molar-refractivity contribution is 5.30. The van der Waals surface area contributed by atoms with Crippen LogP contribution in [0.2, 0.25) is 0 Å². The van der Waals surface area contributed by atoms with E-state index in [0.29, 0.717) is 0 Å². The Labute approximate surface area is 69.4 Å². The van der Waals surface area contributed by atoms with E-state index in [9.17, 15) is 0 Å². The van der Waals surface area contributed by atoms with Gasteiger partial charge in [0.05, 0.1) is 0 Å². The molecule has 0 aliphatic rings. The third-order valence-corrected chi connectivity index (χ3v) is 0.940. The first-order chi connectivity index (χ1) is 5.43. The van der Waals surface area contributed by atoms with Crippen molar-refractivity contribution in [3.63, 3.8) is 0 Å². The molecule has 3 nitrogen and oxygen atoms in total. The molecule has 1 aromatic rings. The number of aromatic nitrogens is 2. The number of anilines is 1. The van der Waals surface area contributed by atoms with Crippen LogP contribution in [0.4, 0.5) is 5.82 Å². The van der Waals surface area contributed by atoms with Crippen molar-refractivity contribution in [1.82, 2.24) is 9.97 Å². The Morgan fingerprint density at radius 3 is 2.73 bits per heavy atom. The van der Waals surface area contributed by atoms with Gasteiger partial charge in [-0.15, -0.1) is 0 Å². The monoisotopic (exact) mass is 155 g/mol. The lowest BCUT2D eigenvalue weighted by molar-refractivity contribution is 1.11. The van der Waals surface area contributed by atoms with Gasteiger partial charge in [-0.3, -0.25) is 0 Å². The number of hydrogen-bond acceptors (Lipinski definition) is 3. The fourth-order valence-electron chi connectivity index (χ4n) is 0.576. The number of hydrogen-bond donors (Lipinski definition) is 1. The summed E-state index contributed by atoms with van der Waals surface area (Å²) in [6, 6.07) is 1.84. The molecule has 0 saturated carbocycles. The summed E-state index contributed by atoms with van der Waals surface area (Å²) in [6.07, 6.45) is 3.24. The summed E-state index contributed by atoms with van der Waals surface area (Å²) in [7, 11) is 0. The predicted molar refractivity (Wildman–Crippen MR) is 49.7 cm³/mol. The van der Waals surface area contributed by atoms with Crippen molar-refractivity contribution in [2.75, 3.05) is 11.9 Å². The molecule has 1 rings (SSSR count). The zero-order valence-electron chi connectivity index (χ0n) is 7.33. The average molecular weight is 155 g/mol. The van der Waals surface area contributed by atoms with Crippen molar-refractivity contribution in [2.24, 2.45) is 0 Å². The van der Waals surface area contributed by atoms with E-state index in [1.54, 1.807) is 6.20 Å². The summed E-state index contributed by atoms with van der Waals surface area (Å²) in [5, 5.41) is 3.06. The summed E-state index contributed by atoms with van der Waals surface area (Å²) < 4.78 is 0. The SMILES string of the molecule is CC.CCNc1ccncn1.[HH]. The second-order valence-electron chi connectivity index (χ2n) is 1.62. The first-order valence-electron chi connectivity index (χ1n) is 3.93. The molecule has 64 valence electrons. The minimum atomic E-state index is 0. The first-order valence-corrected chi connectivity index (χ1v) is 3.93. The summed E-state index contributed by atoms with van der Waals surface area (Å²) in [6.45, 7) is 6.93. The molecule has 0 unspecified atom stereocenters. The third-order valence-electron chi connectivity index (χ3n) is 0.940. The van der Waals surface area contributed by atoms with E-state index < -0.39 is 0 Å². The van der Waals surface area contributed by atoms with Crippen LogP contribution < -0.4 is 5.32 Å². The Balaban J connectivity index is 0. The predicted octanol–water partition coefficient (Wildman–Crippen LogP) is 2.18. The highest BCUT2D eigenvalue weighted by Gasteiger charge is 1.84. The van der Waals surface area contributed by atoms with Gasteiger partial charge in [0.15, 0.2) is 0 Å². The lowest BCUT2D eigenvalue weighted by atomic mass is 10.6. The molecule has 11 heavy (non-hydrogen) atoms. The van der Waals surface area contributed by atoms with Crippen LogP contribution in [-0.2, 0) is 0 Å². The van der Waals surface area contributed by atoms with Crippen LogP contribution in [0.25, 0.3) is 0 Å². The first kappa shape index (κ1) is 9.88. The molecule has 0 fully saturated rings. The molecular formula is C8H17N3. The Bertz CT molecular complexity index is 167. The fourth-order valence-corrected chi connectivity index (χ4v) is 0.576. The standard InChI is InChI=1S/C6H9N3.C2H6.H2/c1-2-8-6-3-4-7-5-9-6;1-2;/h3-5H,2H2,1H3,(H,7,8,9);1-2H3;1H. The van der Waals surface area contributed by atoms with Crippen LogP contribution in [0.15, 0.2) is 18.6 Å². The highest BCUT2D eigenvalue weighted by Crippen LogP contribution is 1.95. The lowest BCUT2D eigenvalue weighted by Crippen LogP contribution is -1.97. The molecule has 0 aromatic carbocycles. The van der Waals surface area contributed by atoms with Gasteiger partial charge in [0.25, 0.3) is 0 Å². The van der Waals surface area contributed by atoms with Crippen molar-refractivity contribution >= 4 is 5.82 Å². The average Bonchev–Trinajstić information content (AvgIpc) is 2.11. The molecule has 1 N–H and O–H groups in total. The molecule has 0 bridgehead atoms. The van der Waals surface area contributed by atoms with Crippen molar-refractivity contribution in [2.45, 2.75) is 20.8 Å². The maximum atomic E-state index is 3.95. The molecule has 0 saturated heterocycles. The quantitative estimate of drug-likeness (QED) is 0.711. The van der Waals surface area contributed by atoms with Crippen LogP contribution >= 0.6 is 0 Å². The second-order valence-corrected chi connectivity index (χ2v) is 1.62. The summed E-state index contributed by atoms with van der Waals surface area (Å²) in [5.74, 6) is 0.882. The van der Waals surface area contributed by atoms with Crippen LogP contribution in [0.3, 0.4) is 0 Å². The van der Waals surface area contributed by atoms with Crippen LogP contribution in [0, 0.1) is 0 Å². The van der Waals surface area contributed by atoms with E-state index in [4.69, 9.17) is 0 Å². The number of nitrogens with zero attached hydrogens (tertiary/aromatic N) is 2. The van der Waals surface area contributed by atoms with Crippen molar-refractivity contribution < 1.29 is 1.43 Å². The zero-order valence-corrected chi connectivity index (χ0v) is 7.33. The van der Waals surface area contributed by atoms with Gasteiger partial charge in [0.2, 0.25) is 0 Å². The Hall–Kier alpha value is -1.12. The summed E-state index contributed by atoms with van der Waals surface area (Å²) >= 11 is 0. The van der Waals surface area contributed by atoms with Gasteiger partial charge in [-0.2, -0.15) is 0 Å². The molecule has 0 radical (unpaired) electrons. The van der Waals surface area contributed by atoms with Crippen molar-refractivity contribution in [3.05, 3.63) is 18.6 Å². The Morgan fingerprint density at radius 1 is 1.55 bits per heavy atom. The minimum Gasteiger partial charge on any atom is -0.370 e. The van der Waals surface area contributed by atoms with Gasteiger partial charge in [-0.25, -0.2) is 9.97 Å². The summed E-state index contributed by atoms with van der Waals surface area (Å²) in [4.78, 5) is 7.72. The Morgan fingerprint density at radius 2 is 2.27 bits per heavy atom. The van der Waals surface area contributed by atoms with Gasteiger partial charge in [0, 0.05) is 14.2 Å². The van der Waals surface area contributed by atoms with E-state index >= 15 is 0 Å².